The van der Waals surface area contributed by atoms with Crippen LogP contribution in [0.3, 0.4) is 0 Å². The standard InChI is InChI=1S/C13H23N3S/c1-11-15-12(8-17-11)7-16(2)10-13(9-14)5-3-4-6-13/h8H,3-7,9-10,14H2,1-2H3. The predicted octanol–water partition coefficient (Wildman–Crippen LogP) is 2.40. The van der Waals surface area contributed by atoms with Crippen LogP contribution in [0.5, 0.6) is 0 Å². The molecule has 1 aliphatic rings. The summed E-state index contributed by atoms with van der Waals surface area (Å²) in [5.74, 6) is 0. The maximum atomic E-state index is 5.97. The fraction of sp³-hybridized carbons (Fsp3) is 0.769. The van der Waals surface area contributed by atoms with Crippen molar-refractivity contribution in [3.63, 3.8) is 0 Å². The fourth-order valence-electron chi connectivity index (χ4n) is 2.94. The van der Waals surface area contributed by atoms with Gasteiger partial charge in [0.1, 0.15) is 0 Å². The third kappa shape index (κ3) is 3.27. The van der Waals surface area contributed by atoms with Crippen molar-refractivity contribution in [3.8, 4) is 0 Å². The predicted molar refractivity (Wildman–Crippen MR) is 73.1 cm³/mol. The number of aromatic nitrogens is 1. The molecule has 0 aliphatic heterocycles. The van der Waals surface area contributed by atoms with Crippen molar-refractivity contribution in [2.75, 3.05) is 20.1 Å². The molecule has 1 aromatic rings. The van der Waals surface area contributed by atoms with Crippen molar-refractivity contribution in [1.29, 1.82) is 0 Å². The van der Waals surface area contributed by atoms with Gasteiger partial charge >= 0.3 is 0 Å². The van der Waals surface area contributed by atoms with Crippen LogP contribution < -0.4 is 5.73 Å². The van der Waals surface area contributed by atoms with Gasteiger partial charge in [0.2, 0.25) is 0 Å². The highest BCUT2D eigenvalue weighted by molar-refractivity contribution is 7.09. The molecule has 0 atom stereocenters. The molecule has 96 valence electrons. The Hall–Kier alpha value is -0.450. The van der Waals surface area contributed by atoms with Crippen molar-refractivity contribution in [2.45, 2.75) is 39.2 Å². The van der Waals surface area contributed by atoms with Gasteiger partial charge in [-0.3, -0.25) is 4.90 Å². The molecular formula is C13H23N3S. The van der Waals surface area contributed by atoms with E-state index >= 15 is 0 Å². The van der Waals surface area contributed by atoms with Crippen molar-refractivity contribution in [2.24, 2.45) is 11.1 Å². The lowest BCUT2D eigenvalue weighted by molar-refractivity contribution is 0.178. The Labute approximate surface area is 108 Å². The van der Waals surface area contributed by atoms with E-state index in [9.17, 15) is 0 Å². The molecule has 0 bridgehead atoms. The van der Waals surface area contributed by atoms with Crippen molar-refractivity contribution in [1.82, 2.24) is 9.88 Å². The molecule has 2 rings (SSSR count). The molecule has 4 heteroatoms. The summed E-state index contributed by atoms with van der Waals surface area (Å²) in [5, 5.41) is 3.32. The molecule has 3 nitrogen and oxygen atoms in total. The Morgan fingerprint density at radius 2 is 2.18 bits per heavy atom. The number of thiazole rings is 1. The van der Waals surface area contributed by atoms with E-state index in [2.05, 4.69) is 29.2 Å². The minimum absolute atomic E-state index is 0.375. The molecule has 17 heavy (non-hydrogen) atoms. The average Bonchev–Trinajstić information content (AvgIpc) is 2.89. The van der Waals surface area contributed by atoms with Crippen LogP contribution in [0.15, 0.2) is 5.38 Å². The first-order valence-corrected chi connectivity index (χ1v) is 7.31. The second-order valence-electron chi connectivity index (χ2n) is 5.44. The summed E-state index contributed by atoms with van der Waals surface area (Å²) in [5.41, 5.74) is 7.54. The van der Waals surface area contributed by atoms with E-state index in [-0.39, 0.29) is 0 Å². The van der Waals surface area contributed by atoms with Gasteiger partial charge < -0.3 is 5.73 Å². The van der Waals surface area contributed by atoms with Gasteiger partial charge in [0, 0.05) is 18.5 Å². The number of hydrogen-bond acceptors (Lipinski definition) is 4. The molecule has 1 saturated carbocycles. The lowest BCUT2D eigenvalue weighted by Crippen LogP contribution is -2.39. The van der Waals surface area contributed by atoms with Crippen LogP contribution in [0.25, 0.3) is 0 Å². The van der Waals surface area contributed by atoms with Crippen LogP contribution in [0, 0.1) is 12.3 Å². The van der Waals surface area contributed by atoms with Crippen LogP contribution in [0.4, 0.5) is 0 Å². The summed E-state index contributed by atoms with van der Waals surface area (Å²) in [4.78, 5) is 6.90. The minimum atomic E-state index is 0.375. The molecule has 0 unspecified atom stereocenters. The van der Waals surface area contributed by atoms with Gasteiger partial charge in [0.25, 0.3) is 0 Å². The summed E-state index contributed by atoms with van der Waals surface area (Å²) in [6.45, 7) is 4.95. The first-order valence-electron chi connectivity index (χ1n) is 6.43. The van der Waals surface area contributed by atoms with Crippen LogP contribution in [-0.4, -0.2) is 30.0 Å². The monoisotopic (exact) mass is 253 g/mol. The molecule has 1 fully saturated rings. The van der Waals surface area contributed by atoms with Gasteiger partial charge in [-0.1, -0.05) is 12.8 Å². The summed E-state index contributed by atoms with van der Waals surface area (Å²) in [7, 11) is 2.18. The highest BCUT2D eigenvalue weighted by atomic mass is 32.1. The number of hydrogen-bond donors (Lipinski definition) is 1. The molecule has 0 spiro atoms. The number of nitrogens with zero attached hydrogens (tertiary/aromatic N) is 2. The summed E-state index contributed by atoms with van der Waals surface area (Å²) in [6.07, 6.45) is 5.29. The Bertz CT molecular complexity index is 355. The molecule has 1 aliphatic carbocycles. The minimum Gasteiger partial charge on any atom is -0.330 e. The molecule has 2 N–H and O–H groups in total. The SMILES string of the molecule is Cc1nc(CN(C)CC2(CN)CCCC2)cs1. The average molecular weight is 253 g/mol. The number of nitrogens with two attached hydrogens (primary N) is 1. The summed E-state index contributed by atoms with van der Waals surface area (Å²) >= 11 is 1.73. The topological polar surface area (TPSA) is 42.2 Å². The lowest BCUT2D eigenvalue weighted by atomic mass is 9.86. The normalized spacial score (nSPS) is 19.1. The third-order valence-corrected chi connectivity index (χ3v) is 4.62. The Morgan fingerprint density at radius 1 is 1.47 bits per heavy atom. The second-order valence-corrected chi connectivity index (χ2v) is 6.50. The smallest absolute Gasteiger partial charge is 0.0897 e. The quantitative estimate of drug-likeness (QED) is 0.876. The zero-order chi connectivity index (χ0) is 12.3. The zero-order valence-electron chi connectivity index (χ0n) is 10.9. The third-order valence-electron chi connectivity index (χ3n) is 3.80. The van der Waals surface area contributed by atoms with Crippen LogP contribution in [0.2, 0.25) is 0 Å². The van der Waals surface area contributed by atoms with Crippen molar-refractivity contribution < 1.29 is 0 Å². The second kappa shape index (κ2) is 5.46. The molecule has 0 amide bonds. The molecule has 1 heterocycles. The van der Waals surface area contributed by atoms with E-state index in [4.69, 9.17) is 5.73 Å². The first kappa shape index (κ1) is 13.0. The highest BCUT2D eigenvalue weighted by Crippen LogP contribution is 2.37. The fourth-order valence-corrected chi connectivity index (χ4v) is 3.54. The van der Waals surface area contributed by atoms with E-state index in [1.54, 1.807) is 11.3 Å². The van der Waals surface area contributed by atoms with Crippen molar-refractivity contribution >= 4 is 11.3 Å². The van der Waals surface area contributed by atoms with E-state index in [1.807, 2.05) is 0 Å². The van der Waals surface area contributed by atoms with E-state index < -0.39 is 0 Å². The Balaban J connectivity index is 1.90. The number of rotatable bonds is 5. The van der Waals surface area contributed by atoms with Crippen LogP contribution in [-0.2, 0) is 6.54 Å². The van der Waals surface area contributed by atoms with E-state index in [0.29, 0.717) is 5.41 Å². The van der Waals surface area contributed by atoms with Gasteiger partial charge in [-0.25, -0.2) is 4.98 Å². The molecule has 0 aromatic carbocycles. The largest absolute Gasteiger partial charge is 0.330 e. The van der Waals surface area contributed by atoms with Crippen molar-refractivity contribution in [3.05, 3.63) is 16.1 Å². The van der Waals surface area contributed by atoms with E-state index in [0.717, 1.165) is 24.6 Å². The van der Waals surface area contributed by atoms with Gasteiger partial charge in [-0.15, -0.1) is 11.3 Å². The first-order chi connectivity index (χ1) is 8.13. The Kier molecular flexibility index (Phi) is 4.17. The number of aryl methyl sites for hydroxylation is 1. The highest BCUT2D eigenvalue weighted by Gasteiger charge is 2.33. The van der Waals surface area contributed by atoms with Crippen LogP contribution >= 0.6 is 11.3 Å². The molecule has 0 radical (unpaired) electrons. The molecule has 0 saturated heterocycles. The van der Waals surface area contributed by atoms with Gasteiger partial charge in [-0.2, -0.15) is 0 Å². The van der Waals surface area contributed by atoms with Gasteiger partial charge in [-0.05, 0) is 38.8 Å². The Morgan fingerprint density at radius 3 is 2.71 bits per heavy atom. The zero-order valence-corrected chi connectivity index (χ0v) is 11.7. The maximum Gasteiger partial charge on any atom is 0.0897 e. The van der Waals surface area contributed by atoms with Gasteiger partial charge in [0.05, 0.1) is 10.7 Å². The lowest BCUT2D eigenvalue weighted by Gasteiger charge is -2.32. The molecule has 1 aromatic heterocycles. The van der Waals surface area contributed by atoms with Gasteiger partial charge in [0.15, 0.2) is 0 Å². The summed E-state index contributed by atoms with van der Waals surface area (Å²) < 4.78 is 0. The molecular weight excluding hydrogens is 230 g/mol. The van der Waals surface area contributed by atoms with E-state index in [1.165, 1.54) is 31.4 Å². The van der Waals surface area contributed by atoms with Crippen LogP contribution in [0.1, 0.15) is 36.4 Å². The summed E-state index contributed by atoms with van der Waals surface area (Å²) in [6, 6.07) is 0. The maximum absolute atomic E-state index is 5.97.